The molecule has 0 unspecified atom stereocenters. The number of benzene rings is 2. The van der Waals surface area contributed by atoms with Crippen molar-refractivity contribution in [2.45, 2.75) is 39.0 Å². The predicted molar refractivity (Wildman–Crippen MR) is 109 cm³/mol. The first-order chi connectivity index (χ1) is 12.3. The minimum Gasteiger partial charge on any atom is -0.494 e. The SMILES string of the molecule is CCCCCCCOc1ccc(NCCNc2ccc(Cl)cc2)cc1. The van der Waals surface area contributed by atoms with Gasteiger partial charge in [0.2, 0.25) is 0 Å². The summed E-state index contributed by atoms with van der Waals surface area (Å²) < 4.78 is 5.78. The summed E-state index contributed by atoms with van der Waals surface area (Å²) in [6.07, 6.45) is 6.31. The van der Waals surface area contributed by atoms with Crippen LogP contribution in [0.4, 0.5) is 11.4 Å². The van der Waals surface area contributed by atoms with Crippen molar-refractivity contribution in [2.24, 2.45) is 0 Å². The number of rotatable bonds is 12. The van der Waals surface area contributed by atoms with Gasteiger partial charge in [0.25, 0.3) is 0 Å². The average Bonchev–Trinajstić information content (AvgIpc) is 2.64. The Morgan fingerprint density at radius 3 is 1.92 bits per heavy atom. The molecule has 0 saturated heterocycles. The second-order valence-corrected chi connectivity index (χ2v) is 6.58. The van der Waals surface area contributed by atoms with Crippen LogP contribution in [0.1, 0.15) is 39.0 Å². The van der Waals surface area contributed by atoms with Crippen LogP contribution in [-0.4, -0.2) is 19.7 Å². The maximum Gasteiger partial charge on any atom is 0.119 e. The molecule has 0 aliphatic rings. The third-order valence-electron chi connectivity index (χ3n) is 4.00. The van der Waals surface area contributed by atoms with Gasteiger partial charge in [0.1, 0.15) is 5.75 Å². The zero-order valence-corrected chi connectivity index (χ0v) is 15.8. The molecule has 136 valence electrons. The molecule has 25 heavy (non-hydrogen) atoms. The summed E-state index contributed by atoms with van der Waals surface area (Å²) in [5.41, 5.74) is 2.18. The lowest BCUT2D eigenvalue weighted by Gasteiger charge is -2.10. The third kappa shape index (κ3) is 8.17. The molecule has 2 aromatic rings. The summed E-state index contributed by atoms with van der Waals surface area (Å²) >= 11 is 5.88. The van der Waals surface area contributed by atoms with Gasteiger partial charge in [-0.25, -0.2) is 0 Å². The van der Waals surface area contributed by atoms with Crippen LogP contribution in [0, 0.1) is 0 Å². The molecule has 0 aliphatic carbocycles. The van der Waals surface area contributed by atoms with E-state index in [1.54, 1.807) is 0 Å². The Hall–Kier alpha value is -1.87. The minimum atomic E-state index is 0.756. The third-order valence-corrected chi connectivity index (χ3v) is 4.25. The van der Waals surface area contributed by atoms with Gasteiger partial charge in [-0.15, -0.1) is 0 Å². The van der Waals surface area contributed by atoms with E-state index in [0.29, 0.717) is 0 Å². The van der Waals surface area contributed by atoms with Crippen LogP contribution in [0.15, 0.2) is 48.5 Å². The maximum atomic E-state index is 5.88. The second kappa shape index (κ2) is 11.6. The van der Waals surface area contributed by atoms with Crippen LogP contribution < -0.4 is 15.4 Å². The lowest BCUT2D eigenvalue weighted by Crippen LogP contribution is -2.13. The van der Waals surface area contributed by atoms with E-state index in [0.717, 1.165) is 48.3 Å². The molecule has 3 nitrogen and oxygen atoms in total. The van der Waals surface area contributed by atoms with E-state index in [-0.39, 0.29) is 0 Å². The smallest absolute Gasteiger partial charge is 0.119 e. The number of nitrogens with one attached hydrogen (secondary N) is 2. The van der Waals surface area contributed by atoms with Crippen molar-refractivity contribution in [2.75, 3.05) is 30.3 Å². The summed E-state index contributed by atoms with van der Waals surface area (Å²) in [7, 11) is 0. The van der Waals surface area contributed by atoms with Gasteiger partial charge in [-0.3, -0.25) is 0 Å². The van der Waals surface area contributed by atoms with Gasteiger partial charge in [0.05, 0.1) is 6.61 Å². The summed E-state index contributed by atoms with van der Waals surface area (Å²) in [6, 6.07) is 15.9. The standard InChI is InChI=1S/C21H29ClN2O/c1-2-3-4-5-6-17-25-21-13-11-20(12-14-21)24-16-15-23-19-9-7-18(22)8-10-19/h7-14,23-24H,2-6,15-17H2,1H3. The van der Waals surface area contributed by atoms with Gasteiger partial charge in [-0.1, -0.05) is 44.2 Å². The number of unbranched alkanes of at least 4 members (excludes halogenated alkanes) is 4. The maximum absolute atomic E-state index is 5.88. The Kier molecular flexibility index (Phi) is 9.06. The number of hydrogen-bond acceptors (Lipinski definition) is 3. The summed E-state index contributed by atoms with van der Waals surface area (Å²) in [5, 5.41) is 7.51. The molecule has 4 heteroatoms. The number of ether oxygens (including phenoxy) is 1. The first kappa shape index (κ1) is 19.5. The highest BCUT2D eigenvalue weighted by atomic mass is 35.5. The lowest BCUT2D eigenvalue weighted by molar-refractivity contribution is 0.304. The van der Waals surface area contributed by atoms with Crippen LogP contribution in [0.3, 0.4) is 0 Å². The normalized spacial score (nSPS) is 10.5. The molecule has 2 aromatic carbocycles. The first-order valence-electron chi connectivity index (χ1n) is 9.24. The van der Waals surface area contributed by atoms with E-state index in [4.69, 9.17) is 16.3 Å². The molecular weight excluding hydrogens is 332 g/mol. The van der Waals surface area contributed by atoms with E-state index in [9.17, 15) is 0 Å². The number of halogens is 1. The zero-order valence-electron chi connectivity index (χ0n) is 15.1. The number of anilines is 2. The Morgan fingerprint density at radius 2 is 1.32 bits per heavy atom. The lowest BCUT2D eigenvalue weighted by atomic mass is 10.2. The van der Waals surface area contributed by atoms with Crippen molar-refractivity contribution >= 4 is 23.0 Å². The van der Waals surface area contributed by atoms with Crippen LogP contribution in [0.2, 0.25) is 5.02 Å². The van der Waals surface area contributed by atoms with Crippen molar-refractivity contribution in [1.82, 2.24) is 0 Å². The van der Waals surface area contributed by atoms with Gasteiger partial charge in [-0.05, 0) is 55.0 Å². The fraction of sp³-hybridized carbons (Fsp3) is 0.429. The van der Waals surface area contributed by atoms with Crippen LogP contribution >= 0.6 is 11.6 Å². The Bertz CT molecular complexity index is 584. The molecule has 0 spiro atoms. The van der Waals surface area contributed by atoms with Crippen molar-refractivity contribution < 1.29 is 4.74 Å². The van der Waals surface area contributed by atoms with Crippen molar-refractivity contribution in [3.8, 4) is 5.75 Å². The van der Waals surface area contributed by atoms with Crippen molar-refractivity contribution in [3.05, 3.63) is 53.6 Å². The molecule has 2 rings (SSSR count). The van der Waals surface area contributed by atoms with Gasteiger partial charge >= 0.3 is 0 Å². The second-order valence-electron chi connectivity index (χ2n) is 6.15. The largest absolute Gasteiger partial charge is 0.494 e. The zero-order chi connectivity index (χ0) is 17.7. The van der Waals surface area contributed by atoms with Gasteiger partial charge in [0, 0.05) is 29.5 Å². The Morgan fingerprint density at radius 1 is 0.760 bits per heavy atom. The first-order valence-corrected chi connectivity index (χ1v) is 9.62. The molecule has 0 amide bonds. The molecule has 2 N–H and O–H groups in total. The van der Waals surface area contributed by atoms with Gasteiger partial charge in [0.15, 0.2) is 0 Å². The molecule has 0 bridgehead atoms. The average molecular weight is 361 g/mol. The van der Waals surface area contributed by atoms with Crippen molar-refractivity contribution in [3.63, 3.8) is 0 Å². The Balaban J connectivity index is 1.59. The Labute approximate surface area is 156 Å². The molecule has 0 radical (unpaired) electrons. The fourth-order valence-corrected chi connectivity index (χ4v) is 2.67. The van der Waals surface area contributed by atoms with E-state index < -0.39 is 0 Å². The molecule has 0 fully saturated rings. The number of hydrogen-bond donors (Lipinski definition) is 2. The summed E-state index contributed by atoms with van der Waals surface area (Å²) in [4.78, 5) is 0. The molecular formula is C21H29ClN2O. The van der Waals surface area contributed by atoms with E-state index >= 15 is 0 Å². The van der Waals surface area contributed by atoms with E-state index in [2.05, 4.69) is 29.7 Å². The minimum absolute atomic E-state index is 0.756. The molecule has 0 aromatic heterocycles. The molecule has 0 atom stereocenters. The van der Waals surface area contributed by atoms with Gasteiger partial charge in [-0.2, -0.15) is 0 Å². The molecule has 0 saturated carbocycles. The highest BCUT2D eigenvalue weighted by Crippen LogP contribution is 2.16. The fourth-order valence-electron chi connectivity index (χ4n) is 2.55. The highest BCUT2D eigenvalue weighted by molar-refractivity contribution is 6.30. The van der Waals surface area contributed by atoms with Crippen LogP contribution in [0.25, 0.3) is 0 Å². The molecule has 0 heterocycles. The van der Waals surface area contributed by atoms with E-state index in [1.807, 2.05) is 36.4 Å². The quantitative estimate of drug-likeness (QED) is 0.441. The van der Waals surface area contributed by atoms with Crippen LogP contribution in [0.5, 0.6) is 5.75 Å². The summed E-state index contributed by atoms with van der Waals surface area (Å²) in [6.45, 7) is 4.74. The van der Waals surface area contributed by atoms with E-state index in [1.165, 1.54) is 25.7 Å². The van der Waals surface area contributed by atoms with Gasteiger partial charge < -0.3 is 15.4 Å². The van der Waals surface area contributed by atoms with Crippen molar-refractivity contribution in [1.29, 1.82) is 0 Å². The highest BCUT2D eigenvalue weighted by Gasteiger charge is 1.97. The topological polar surface area (TPSA) is 33.3 Å². The molecule has 0 aliphatic heterocycles. The van der Waals surface area contributed by atoms with Crippen LogP contribution in [-0.2, 0) is 0 Å². The summed E-state index contributed by atoms with van der Waals surface area (Å²) in [5.74, 6) is 0.945. The predicted octanol–water partition coefficient (Wildman–Crippen LogP) is 6.21. The monoisotopic (exact) mass is 360 g/mol.